The summed E-state index contributed by atoms with van der Waals surface area (Å²) in [7, 11) is 0. The molecule has 6 heteroatoms. The standard InChI is InChI=1S/C24H25F2N3O/c25-20-7-6-17(12-21(20)26)14-29-10-3-8-24(23(29)30)9-11-28(16-24)15-19-13-18-4-1-2-5-22(18)27-19/h1-2,4-7,12-13,27H,3,8-11,14-16H2/t24-/m1/s1. The highest BCUT2D eigenvalue weighted by molar-refractivity contribution is 5.84. The molecular weight excluding hydrogens is 384 g/mol. The molecule has 0 saturated carbocycles. The number of H-pyrrole nitrogens is 1. The Balaban J connectivity index is 1.28. The molecule has 2 fully saturated rings. The van der Waals surface area contributed by atoms with Gasteiger partial charge in [-0.15, -0.1) is 0 Å². The Hall–Kier alpha value is -2.73. The second-order valence-electron chi connectivity index (χ2n) is 8.70. The molecule has 30 heavy (non-hydrogen) atoms. The quantitative estimate of drug-likeness (QED) is 0.691. The first-order valence-corrected chi connectivity index (χ1v) is 10.5. The Kier molecular flexibility index (Phi) is 4.82. The Labute approximate surface area is 174 Å². The average molecular weight is 409 g/mol. The SMILES string of the molecule is O=C1N(Cc2ccc(F)c(F)c2)CCC[C@]12CCN(Cc1cc3ccccc3[nH]1)C2. The molecule has 0 radical (unpaired) electrons. The van der Waals surface area contributed by atoms with Crippen molar-refractivity contribution in [2.45, 2.75) is 32.4 Å². The molecule has 2 aliphatic heterocycles. The topological polar surface area (TPSA) is 39.3 Å². The van der Waals surface area contributed by atoms with E-state index in [4.69, 9.17) is 0 Å². The molecule has 1 amide bonds. The molecule has 3 aromatic rings. The Morgan fingerprint density at radius 1 is 0.967 bits per heavy atom. The smallest absolute Gasteiger partial charge is 0.230 e. The van der Waals surface area contributed by atoms with Gasteiger partial charge in [-0.3, -0.25) is 9.69 Å². The van der Waals surface area contributed by atoms with Crippen LogP contribution in [-0.4, -0.2) is 40.3 Å². The van der Waals surface area contributed by atoms with Crippen molar-refractivity contribution < 1.29 is 13.6 Å². The van der Waals surface area contributed by atoms with Gasteiger partial charge in [0.1, 0.15) is 0 Å². The van der Waals surface area contributed by atoms with Crippen LogP contribution in [0.2, 0.25) is 0 Å². The number of aromatic amines is 1. The molecule has 4 nitrogen and oxygen atoms in total. The third-order valence-electron chi connectivity index (χ3n) is 6.59. The number of aromatic nitrogens is 1. The molecule has 156 valence electrons. The molecular formula is C24H25F2N3O. The van der Waals surface area contributed by atoms with Crippen LogP contribution in [0.4, 0.5) is 8.78 Å². The summed E-state index contributed by atoms with van der Waals surface area (Å²) in [5.41, 5.74) is 2.57. The van der Waals surface area contributed by atoms with Crippen LogP contribution in [0.15, 0.2) is 48.5 Å². The van der Waals surface area contributed by atoms with Crippen LogP contribution in [-0.2, 0) is 17.9 Å². The van der Waals surface area contributed by atoms with Crippen molar-refractivity contribution in [3.63, 3.8) is 0 Å². The van der Waals surface area contributed by atoms with Crippen molar-refractivity contribution in [2.24, 2.45) is 5.41 Å². The van der Waals surface area contributed by atoms with Crippen LogP contribution in [0.5, 0.6) is 0 Å². The summed E-state index contributed by atoms with van der Waals surface area (Å²) in [4.78, 5) is 21.0. The molecule has 0 unspecified atom stereocenters. The zero-order valence-electron chi connectivity index (χ0n) is 16.8. The Morgan fingerprint density at radius 2 is 1.83 bits per heavy atom. The second kappa shape index (κ2) is 7.51. The average Bonchev–Trinajstić information content (AvgIpc) is 3.33. The number of benzene rings is 2. The fourth-order valence-corrected chi connectivity index (χ4v) is 5.09. The summed E-state index contributed by atoms with van der Waals surface area (Å²) in [5.74, 6) is -1.57. The first-order chi connectivity index (χ1) is 14.5. The minimum atomic E-state index is -0.864. The van der Waals surface area contributed by atoms with Crippen LogP contribution >= 0.6 is 0 Å². The maximum absolute atomic E-state index is 13.6. The second-order valence-corrected chi connectivity index (χ2v) is 8.70. The van der Waals surface area contributed by atoms with E-state index in [1.807, 2.05) is 17.0 Å². The lowest BCUT2D eigenvalue weighted by atomic mass is 9.78. The minimum Gasteiger partial charge on any atom is -0.357 e. The van der Waals surface area contributed by atoms with Gasteiger partial charge in [0.25, 0.3) is 0 Å². The van der Waals surface area contributed by atoms with Crippen molar-refractivity contribution in [2.75, 3.05) is 19.6 Å². The highest BCUT2D eigenvalue weighted by Crippen LogP contribution is 2.41. The monoisotopic (exact) mass is 409 g/mol. The summed E-state index contributed by atoms with van der Waals surface area (Å²) in [6.45, 7) is 3.43. The predicted octanol–water partition coefficient (Wildman–Crippen LogP) is 4.46. The molecule has 0 aliphatic carbocycles. The summed E-state index contributed by atoms with van der Waals surface area (Å²) >= 11 is 0. The van der Waals surface area contributed by atoms with Gasteiger partial charge in [-0.25, -0.2) is 8.78 Å². The number of fused-ring (bicyclic) bond motifs is 1. The van der Waals surface area contributed by atoms with E-state index in [0.717, 1.165) is 56.2 Å². The van der Waals surface area contributed by atoms with E-state index in [9.17, 15) is 13.6 Å². The molecule has 0 bridgehead atoms. The van der Waals surface area contributed by atoms with E-state index >= 15 is 0 Å². The number of amides is 1. The van der Waals surface area contributed by atoms with Gasteiger partial charge >= 0.3 is 0 Å². The van der Waals surface area contributed by atoms with Crippen molar-refractivity contribution >= 4 is 16.8 Å². The molecule has 5 rings (SSSR count). The molecule has 1 atom stereocenters. The lowest BCUT2D eigenvalue weighted by Gasteiger charge is -2.39. The van der Waals surface area contributed by atoms with Gasteiger partial charge < -0.3 is 9.88 Å². The summed E-state index contributed by atoms with van der Waals surface area (Å²) in [6.07, 6.45) is 2.68. The predicted molar refractivity (Wildman–Crippen MR) is 112 cm³/mol. The van der Waals surface area contributed by atoms with Crippen LogP contribution in [0.1, 0.15) is 30.5 Å². The Bertz CT molecular complexity index is 1060. The lowest BCUT2D eigenvalue weighted by molar-refractivity contribution is -0.146. The van der Waals surface area contributed by atoms with E-state index in [-0.39, 0.29) is 11.3 Å². The molecule has 3 heterocycles. The maximum Gasteiger partial charge on any atom is 0.230 e. The number of nitrogens with one attached hydrogen (secondary N) is 1. The highest BCUT2D eigenvalue weighted by Gasteiger charge is 2.48. The van der Waals surface area contributed by atoms with Crippen LogP contribution in [0.3, 0.4) is 0 Å². The molecule has 2 saturated heterocycles. The van der Waals surface area contributed by atoms with Crippen molar-refractivity contribution in [1.29, 1.82) is 0 Å². The third-order valence-corrected chi connectivity index (χ3v) is 6.59. The summed E-state index contributed by atoms with van der Waals surface area (Å²) in [6, 6.07) is 14.3. The van der Waals surface area contributed by atoms with Gasteiger partial charge in [-0.05, 0) is 61.0 Å². The number of halogens is 2. The zero-order chi connectivity index (χ0) is 20.7. The molecule has 2 aliphatic rings. The number of piperidine rings is 1. The van der Waals surface area contributed by atoms with Crippen LogP contribution < -0.4 is 0 Å². The number of carbonyl (C=O) groups is 1. The van der Waals surface area contributed by atoms with Crippen molar-refractivity contribution in [1.82, 2.24) is 14.8 Å². The van der Waals surface area contributed by atoms with Gasteiger partial charge in [-0.2, -0.15) is 0 Å². The first kappa shape index (κ1) is 19.2. The largest absolute Gasteiger partial charge is 0.357 e. The lowest BCUT2D eigenvalue weighted by Crippen LogP contribution is -2.49. The first-order valence-electron chi connectivity index (χ1n) is 10.5. The maximum atomic E-state index is 13.6. The molecule has 1 aromatic heterocycles. The van der Waals surface area contributed by atoms with Gasteiger partial charge in [0.2, 0.25) is 5.91 Å². The number of nitrogens with zero attached hydrogens (tertiary/aromatic N) is 2. The third kappa shape index (κ3) is 3.49. The minimum absolute atomic E-state index is 0.151. The number of rotatable bonds is 4. The van der Waals surface area contributed by atoms with E-state index in [1.165, 1.54) is 11.5 Å². The normalized spacial score (nSPS) is 22.5. The summed E-state index contributed by atoms with van der Waals surface area (Å²) < 4.78 is 26.8. The molecule has 1 spiro atoms. The van der Waals surface area contributed by atoms with E-state index < -0.39 is 11.6 Å². The number of para-hydroxylation sites is 1. The van der Waals surface area contributed by atoms with E-state index in [2.05, 4.69) is 28.1 Å². The molecule has 1 N–H and O–H groups in total. The van der Waals surface area contributed by atoms with Crippen LogP contribution in [0.25, 0.3) is 10.9 Å². The number of likely N-dealkylation sites (tertiary alicyclic amines) is 2. The number of hydrogen-bond acceptors (Lipinski definition) is 2. The fourth-order valence-electron chi connectivity index (χ4n) is 5.09. The van der Waals surface area contributed by atoms with Gasteiger partial charge in [0.15, 0.2) is 11.6 Å². The zero-order valence-corrected chi connectivity index (χ0v) is 16.8. The fraction of sp³-hybridized carbons (Fsp3) is 0.375. The van der Waals surface area contributed by atoms with Gasteiger partial charge in [-0.1, -0.05) is 24.3 Å². The summed E-state index contributed by atoms with van der Waals surface area (Å²) in [5, 5.41) is 1.20. The number of carbonyl (C=O) groups excluding carboxylic acids is 1. The van der Waals surface area contributed by atoms with E-state index in [1.54, 1.807) is 6.07 Å². The van der Waals surface area contributed by atoms with Gasteiger partial charge in [0.05, 0.1) is 5.41 Å². The molecule has 2 aromatic carbocycles. The Morgan fingerprint density at radius 3 is 2.67 bits per heavy atom. The van der Waals surface area contributed by atoms with Crippen LogP contribution in [0, 0.1) is 17.0 Å². The van der Waals surface area contributed by atoms with Gasteiger partial charge in [0, 0.05) is 37.4 Å². The van der Waals surface area contributed by atoms with Crippen molar-refractivity contribution in [3.8, 4) is 0 Å². The number of hydrogen-bond donors (Lipinski definition) is 1. The van der Waals surface area contributed by atoms with Crippen molar-refractivity contribution in [3.05, 3.63) is 71.4 Å². The highest BCUT2D eigenvalue weighted by atomic mass is 19.2. The van der Waals surface area contributed by atoms with E-state index in [0.29, 0.717) is 18.7 Å².